The predicted octanol–water partition coefficient (Wildman–Crippen LogP) is 2.49. The summed E-state index contributed by atoms with van der Waals surface area (Å²) in [7, 11) is -3.69. The molecule has 0 heterocycles. The van der Waals surface area contributed by atoms with Gasteiger partial charge in [0, 0.05) is 0 Å². The molecule has 0 spiro atoms. The third-order valence-corrected chi connectivity index (χ3v) is 4.18. The molecule has 1 N–H and O–H groups in total. The van der Waals surface area contributed by atoms with Crippen LogP contribution in [-0.4, -0.2) is 25.7 Å². The second-order valence-corrected chi connectivity index (χ2v) is 6.63. The highest BCUT2D eigenvalue weighted by atomic mass is 32.2. The lowest BCUT2D eigenvalue weighted by atomic mass is 10.1. The number of benzene rings is 2. The number of anilines is 1. The van der Waals surface area contributed by atoms with Gasteiger partial charge in [-0.15, -0.1) is 0 Å². The van der Waals surface area contributed by atoms with Crippen LogP contribution in [0.2, 0.25) is 0 Å². The van der Waals surface area contributed by atoms with Gasteiger partial charge in [0.1, 0.15) is 5.82 Å². The molecule has 0 radical (unpaired) electrons. The molecule has 0 fully saturated rings. The number of hydrogen-bond donors (Lipinski definition) is 1. The molecule has 2 rings (SSSR count). The predicted molar refractivity (Wildman–Crippen MR) is 80.8 cm³/mol. The molecule has 0 amide bonds. The Balaban J connectivity index is 2.36. The minimum atomic E-state index is -3.69. The highest BCUT2D eigenvalue weighted by Crippen LogP contribution is 2.23. The maximum atomic E-state index is 13.9. The smallest absolute Gasteiger partial charge is 0.335 e. The Morgan fingerprint density at radius 2 is 1.73 bits per heavy atom. The molecule has 0 unspecified atom stereocenters. The Bertz CT molecular complexity index is 787. The summed E-state index contributed by atoms with van der Waals surface area (Å²) in [6, 6.07) is 11.3. The van der Waals surface area contributed by atoms with Gasteiger partial charge in [0.15, 0.2) is 0 Å². The maximum absolute atomic E-state index is 13.9. The average Bonchev–Trinajstić information content (AvgIpc) is 2.45. The van der Waals surface area contributed by atoms with Crippen LogP contribution in [0, 0.1) is 5.82 Å². The van der Waals surface area contributed by atoms with Gasteiger partial charge in [0.05, 0.1) is 24.1 Å². The summed E-state index contributed by atoms with van der Waals surface area (Å²) < 4.78 is 38.7. The third kappa shape index (κ3) is 3.62. The largest absolute Gasteiger partial charge is 0.478 e. The molecular weight excluding hydrogens is 309 g/mol. The van der Waals surface area contributed by atoms with Crippen LogP contribution in [0.1, 0.15) is 15.9 Å². The normalized spacial score (nSPS) is 11.2. The Labute approximate surface area is 127 Å². The van der Waals surface area contributed by atoms with Crippen LogP contribution in [0.4, 0.5) is 10.1 Å². The van der Waals surface area contributed by atoms with Crippen molar-refractivity contribution in [2.24, 2.45) is 0 Å². The van der Waals surface area contributed by atoms with Crippen molar-refractivity contribution in [3.8, 4) is 0 Å². The molecule has 0 bridgehead atoms. The monoisotopic (exact) mass is 323 g/mol. The van der Waals surface area contributed by atoms with Gasteiger partial charge in [-0.3, -0.25) is 4.31 Å². The molecule has 7 heteroatoms. The first-order chi connectivity index (χ1) is 10.3. The number of hydrogen-bond acceptors (Lipinski definition) is 3. The number of carboxylic acid groups (broad SMARTS) is 1. The second kappa shape index (κ2) is 6.15. The first kappa shape index (κ1) is 16.0. The lowest BCUT2D eigenvalue weighted by Crippen LogP contribution is -2.30. The fourth-order valence-electron chi connectivity index (χ4n) is 1.95. The van der Waals surface area contributed by atoms with Gasteiger partial charge < -0.3 is 5.11 Å². The molecule has 22 heavy (non-hydrogen) atoms. The Morgan fingerprint density at radius 1 is 1.14 bits per heavy atom. The van der Waals surface area contributed by atoms with E-state index in [1.54, 1.807) is 6.07 Å². The van der Waals surface area contributed by atoms with Crippen molar-refractivity contribution in [3.63, 3.8) is 0 Å². The van der Waals surface area contributed by atoms with Crippen LogP contribution in [0.3, 0.4) is 0 Å². The van der Waals surface area contributed by atoms with Crippen molar-refractivity contribution in [2.45, 2.75) is 6.54 Å². The first-order valence-electron chi connectivity index (χ1n) is 6.33. The van der Waals surface area contributed by atoms with Crippen molar-refractivity contribution in [1.29, 1.82) is 0 Å². The number of carbonyl (C=O) groups is 1. The quantitative estimate of drug-likeness (QED) is 0.917. The molecule has 0 aliphatic rings. The lowest BCUT2D eigenvalue weighted by molar-refractivity contribution is 0.0697. The Kier molecular flexibility index (Phi) is 4.46. The van der Waals surface area contributed by atoms with Crippen LogP contribution < -0.4 is 4.31 Å². The first-order valence-corrected chi connectivity index (χ1v) is 8.18. The minimum absolute atomic E-state index is 0.0488. The number of halogens is 1. The zero-order chi connectivity index (χ0) is 16.3. The van der Waals surface area contributed by atoms with Crippen LogP contribution in [0.15, 0.2) is 48.5 Å². The number of carboxylic acids is 1. The highest BCUT2D eigenvalue weighted by Gasteiger charge is 2.20. The van der Waals surface area contributed by atoms with Crippen LogP contribution >= 0.6 is 0 Å². The zero-order valence-corrected chi connectivity index (χ0v) is 12.5. The Morgan fingerprint density at radius 3 is 2.23 bits per heavy atom. The van der Waals surface area contributed by atoms with Gasteiger partial charge in [-0.1, -0.05) is 24.3 Å². The van der Waals surface area contributed by atoms with Crippen molar-refractivity contribution >= 4 is 21.7 Å². The van der Waals surface area contributed by atoms with E-state index in [4.69, 9.17) is 5.11 Å². The van der Waals surface area contributed by atoms with Crippen molar-refractivity contribution in [1.82, 2.24) is 0 Å². The topological polar surface area (TPSA) is 74.7 Å². The van der Waals surface area contributed by atoms with Gasteiger partial charge in [0.2, 0.25) is 10.0 Å². The van der Waals surface area contributed by atoms with Gasteiger partial charge in [-0.05, 0) is 29.8 Å². The molecule has 5 nitrogen and oxygen atoms in total. The summed E-state index contributed by atoms with van der Waals surface area (Å²) in [6.45, 7) is -0.0837. The van der Waals surface area contributed by atoms with Gasteiger partial charge in [-0.2, -0.15) is 0 Å². The molecule has 0 saturated carbocycles. The molecule has 116 valence electrons. The summed E-state index contributed by atoms with van der Waals surface area (Å²) >= 11 is 0. The molecule has 0 saturated heterocycles. The zero-order valence-electron chi connectivity index (χ0n) is 11.7. The standard InChI is InChI=1S/C15H14FNO4S/c1-22(20,21)17(14-5-3-2-4-13(14)16)10-11-6-8-12(9-7-11)15(18)19/h2-9H,10H2,1H3,(H,18,19). The fraction of sp³-hybridized carbons (Fsp3) is 0.133. The summed E-state index contributed by atoms with van der Waals surface area (Å²) in [5, 5.41) is 8.85. The fourth-order valence-corrected chi connectivity index (χ4v) is 2.84. The molecule has 0 atom stereocenters. The van der Waals surface area contributed by atoms with Crippen molar-refractivity contribution in [3.05, 3.63) is 65.5 Å². The van der Waals surface area contributed by atoms with Crippen LogP contribution in [0.5, 0.6) is 0 Å². The van der Waals surface area contributed by atoms with Gasteiger partial charge >= 0.3 is 5.97 Å². The Hall–Kier alpha value is -2.41. The molecule has 2 aromatic rings. The SMILES string of the molecule is CS(=O)(=O)N(Cc1ccc(C(=O)O)cc1)c1ccccc1F. The van der Waals surface area contributed by atoms with E-state index in [9.17, 15) is 17.6 Å². The van der Waals surface area contributed by atoms with E-state index >= 15 is 0 Å². The van der Waals surface area contributed by atoms with Crippen LogP contribution in [0.25, 0.3) is 0 Å². The van der Waals surface area contributed by atoms with E-state index in [1.807, 2.05) is 0 Å². The summed E-state index contributed by atoms with van der Waals surface area (Å²) in [5.74, 6) is -1.71. The summed E-state index contributed by atoms with van der Waals surface area (Å²) in [6.07, 6.45) is 0.991. The van der Waals surface area contributed by atoms with Gasteiger partial charge in [0.25, 0.3) is 0 Å². The summed E-state index contributed by atoms with van der Waals surface area (Å²) in [5.41, 5.74) is 0.603. The molecule has 0 aliphatic heterocycles. The van der Waals surface area contributed by atoms with Gasteiger partial charge in [-0.25, -0.2) is 17.6 Å². The van der Waals surface area contributed by atoms with E-state index < -0.39 is 21.8 Å². The number of nitrogens with zero attached hydrogens (tertiary/aromatic N) is 1. The number of para-hydroxylation sites is 1. The maximum Gasteiger partial charge on any atom is 0.335 e. The van der Waals surface area contributed by atoms with E-state index in [-0.39, 0.29) is 17.8 Å². The molecular formula is C15H14FNO4S. The van der Waals surface area contributed by atoms with E-state index in [2.05, 4.69) is 0 Å². The number of aromatic carboxylic acids is 1. The highest BCUT2D eigenvalue weighted by molar-refractivity contribution is 7.92. The molecule has 0 aliphatic carbocycles. The third-order valence-electron chi connectivity index (χ3n) is 3.05. The molecule has 2 aromatic carbocycles. The number of sulfonamides is 1. The van der Waals surface area contributed by atoms with Crippen molar-refractivity contribution in [2.75, 3.05) is 10.6 Å². The summed E-state index contributed by atoms with van der Waals surface area (Å²) in [4.78, 5) is 10.8. The average molecular weight is 323 g/mol. The minimum Gasteiger partial charge on any atom is -0.478 e. The van der Waals surface area contributed by atoms with Crippen molar-refractivity contribution < 1.29 is 22.7 Å². The lowest BCUT2D eigenvalue weighted by Gasteiger charge is -2.23. The van der Waals surface area contributed by atoms with E-state index in [0.717, 1.165) is 10.6 Å². The second-order valence-electron chi connectivity index (χ2n) is 4.72. The van der Waals surface area contributed by atoms with Crippen LogP contribution in [-0.2, 0) is 16.6 Å². The van der Waals surface area contributed by atoms with E-state index in [0.29, 0.717) is 5.56 Å². The van der Waals surface area contributed by atoms with E-state index in [1.165, 1.54) is 42.5 Å². The number of rotatable bonds is 5. The molecule has 0 aromatic heterocycles.